The molecule has 0 bridgehead atoms. The number of carbonyl (C=O) groups excluding carboxylic acids is 1. The first-order valence-electron chi connectivity index (χ1n) is 6.78. The number of aryl methyl sites for hydroxylation is 1. The third kappa shape index (κ3) is 2.92. The van der Waals surface area contributed by atoms with E-state index in [0.29, 0.717) is 30.6 Å². The molecule has 2 unspecified atom stereocenters. The molecule has 2 rings (SSSR count). The summed E-state index contributed by atoms with van der Waals surface area (Å²) in [6, 6.07) is 4.76. The molecule has 5 nitrogen and oxygen atoms in total. The summed E-state index contributed by atoms with van der Waals surface area (Å²) in [4.78, 5) is 25.1. The molecule has 20 heavy (non-hydrogen) atoms. The Morgan fingerprint density at radius 3 is 2.40 bits per heavy atom. The van der Waals surface area contributed by atoms with Crippen LogP contribution in [0.4, 0.5) is 10.5 Å². The van der Waals surface area contributed by atoms with Crippen LogP contribution in [0.1, 0.15) is 29.8 Å². The van der Waals surface area contributed by atoms with Crippen LogP contribution in [0, 0.1) is 18.8 Å². The Hall–Kier alpha value is -2.04. The standard InChI is InChI=1S/C15H20N2O3/c1-9-4-5-13(12(6-9)14(18)19)16-15(20)17-7-10(2)11(3)8-17/h4-6,10-11H,7-8H2,1-3H3,(H,16,20)(H,18,19). The maximum atomic E-state index is 12.2. The number of hydrogen-bond acceptors (Lipinski definition) is 2. The number of anilines is 1. The van der Waals surface area contributed by atoms with Crippen LogP contribution in [0.5, 0.6) is 0 Å². The minimum absolute atomic E-state index is 0.124. The Bertz CT molecular complexity index is 532. The van der Waals surface area contributed by atoms with Gasteiger partial charge in [0.2, 0.25) is 0 Å². The normalized spacial score (nSPS) is 21.9. The third-order valence-corrected chi connectivity index (χ3v) is 3.92. The zero-order chi connectivity index (χ0) is 14.9. The lowest BCUT2D eigenvalue weighted by molar-refractivity contribution is 0.0698. The lowest BCUT2D eigenvalue weighted by atomic mass is 10.0. The van der Waals surface area contributed by atoms with Crippen LogP contribution >= 0.6 is 0 Å². The number of aromatic carboxylic acids is 1. The van der Waals surface area contributed by atoms with Crippen molar-refractivity contribution in [1.29, 1.82) is 0 Å². The summed E-state index contributed by atoms with van der Waals surface area (Å²) in [7, 11) is 0. The molecule has 1 fully saturated rings. The van der Waals surface area contributed by atoms with Gasteiger partial charge in [-0.15, -0.1) is 0 Å². The highest BCUT2D eigenvalue weighted by Gasteiger charge is 2.29. The molecule has 1 saturated heterocycles. The van der Waals surface area contributed by atoms with Gasteiger partial charge in [0.15, 0.2) is 0 Å². The van der Waals surface area contributed by atoms with E-state index in [1.807, 2.05) is 6.92 Å². The van der Waals surface area contributed by atoms with E-state index in [-0.39, 0.29) is 11.6 Å². The zero-order valence-electron chi connectivity index (χ0n) is 12.0. The van der Waals surface area contributed by atoms with Gasteiger partial charge in [0.05, 0.1) is 11.3 Å². The molecule has 5 heteroatoms. The fraction of sp³-hybridized carbons (Fsp3) is 0.467. The van der Waals surface area contributed by atoms with Crippen LogP contribution in [0.25, 0.3) is 0 Å². The predicted molar refractivity (Wildman–Crippen MR) is 77.1 cm³/mol. The van der Waals surface area contributed by atoms with E-state index in [4.69, 9.17) is 0 Å². The third-order valence-electron chi connectivity index (χ3n) is 3.92. The number of rotatable bonds is 2. The number of carbonyl (C=O) groups is 2. The van der Waals surface area contributed by atoms with Crippen LogP contribution in [0.15, 0.2) is 18.2 Å². The molecule has 0 aliphatic carbocycles. The van der Waals surface area contributed by atoms with Crippen LogP contribution in [-0.4, -0.2) is 35.1 Å². The van der Waals surface area contributed by atoms with E-state index in [0.717, 1.165) is 5.56 Å². The minimum atomic E-state index is -1.04. The van der Waals surface area contributed by atoms with Crippen LogP contribution in [0.3, 0.4) is 0 Å². The lowest BCUT2D eigenvalue weighted by Gasteiger charge is -2.18. The van der Waals surface area contributed by atoms with Crippen molar-refractivity contribution in [2.75, 3.05) is 18.4 Å². The zero-order valence-corrected chi connectivity index (χ0v) is 12.0. The Morgan fingerprint density at radius 1 is 1.25 bits per heavy atom. The number of amides is 2. The largest absolute Gasteiger partial charge is 0.478 e. The summed E-state index contributed by atoms with van der Waals surface area (Å²) in [6.07, 6.45) is 0. The number of carboxylic acid groups (broad SMARTS) is 1. The maximum Gasteiger partial charge on any atom is 0.337 e. The van der Waals surface area contributed by atoms with Gasteiger partial charge in [-0.25, -0.2) is 9.59 Å². The van der Waals surface area contributed by atoms with Crippen molar-refractivity contribution in [3.05, 3.63) is 29.3 Å². The molecule has 0 saturated carbocycles. The fourth-order valence-electron chi connectivity index (χ4n) is 2.43. The molecule has 0 aromatic heterocycles. The van der Waals surface area contributed by atoms with E-state index in [2.05, 4.69) is 19.2 Å². The fourth-order valence-corrected chi connectivity index (χ4v) is 2.43. The number of nitrogens with one attached hydrogen (secondary N) is 1. The van der Waals surface area contributed by atoms with Crippen LogP contribution in [0.2, 0.25) is 0 Å². The highest BCUT2D eigenvalue weighted by atomic mass is 16.4. The molecule has 1 heterocycles. The molecule has 1 aromatic rings. The van der Waals surface area contributed by atoms with Crippen molar-refractivity contribution in [1.82, 2.24) is 4.90 Å². The highest BCUT2D eigenvalue weighted by molar-refractivity contribution is 6.00. The number of carboxylic acids is 1. The molecule has 1 aliphatic rings. The van der Waals surface area contributed by atoms with Gasteiger partial charge in [-0.2, -0.15) is 0 Å². The topological polar surface area (TPSA) is 69.6 Å². The van der Waals surface area contributed by atoms with Gasteiger partial charge in [0.1, 0.15) is 0 Å². The molecule has 0 radical (unpaired) electrons. The summed E-state index contributed by atoms with van der Waals surface area (Å²) < 4.78 is 0. The van der Waals surface area contributed by atoms with Crippen LogP contribution in [-0.2, 0) is 0 Å². The minimum Gasteiger partial charge on any atom is -0.478 e. The van der Waals surface area contributed by atoms with Gasteiger partial charge < -0.3 is 15.3 Å². The van der Waals surface area contributed by atoms with E-state index in [1.54, 1.807) is 23.1 Å². The number of hydrogen-bond donors (Lipinski definition) is 2. The maximum absolute atomic E-state index is 12.2. The van der Waals surface area contributed by atoms with Gasteiger partial charge in [-0.1, -0.05) is 25.5 Å². The molecule has 2 atom stereocenters. The van der Waals surface area contributed by atoms with Crippen LogP contribution < -0.4 is 5.32 Å². The number of nitrogens with zero attached hydrogens (tertiary/aromatic N) is 1. The summed E-state index contributed by atoms with van der Waals surface area (Å²) in [5.41, 5.74) is 1.32. The highest BCUT2D eigenvalue weighted by Crippen LogP contribution is 2.24. The Kier molecular flexibility index (Phi) is 3.97. The van der Waals surface area contributed by atoms with Gasteiger partial charge >= 0.3 is 12.0 Å². The lowest BCUT2D eigenvalue weighted by Crippen LogP contribution is -2.33. The molecule has 0 spiro atoms. The SMILES string of the molecule is Cc1ccc(NC(=O)N2CC(C)C(C)C2)c(C(=O)O)c1. The second kappa shape index (κ2) is 5.53. The first-order chi connectivity index (χ1) is 9.38. The molecule has 2 N–H and O–H groups in total. The van der Waals surface area contributed by atoms with Crippen molar-refractivity contribution in [3.63, 3.8) is 0 Å². The summed E-state index contributed by atoms with van der Waals surface area (Å²) in [5.74, 6) is -0.0948. The Labute approximate surface area is 118 Å². The van der Waals surface area contributed by atoms with Crippen molar-refractivity contribution >= 4 is 17.7 Å². The second-order valence-electron chi connectivity index (χ2n) is 5.64. The predicted octanol–water partition coefficient (Wildman–Crippen LogP) is 2.81. The summed E-state index contributed by atoms with van der Waals surface area (Å²) in [5, 5.41) is 11.9. The number of urea groups is 1. The van der Waals surface area contributed by atoms with Gasteiger partial charge in [-0.05, 0) is 30.9 Å². The molecule has 1 aliphatic heterocycles. The average Bonchev–Trinajstić information content (AvgIpc) is 2.71. The molecule has 108 valence electrons. The Morgan fingerprint density at radius 2 is 1.85 bits per heavy atom. The number of likely N-dealkylation sites (tertiary alicyclic amines) is 1. The van der Waals surface area contributed by atoms with E-state index in [1.165, 1.54) is 0 Å². The smallest absolute Gasteiger partial charge is 0.337 e. The van der Waals surface area contributed by atoms with Crippen molar-refractivity contribution in [2.24, 2.45) is 11.8 Å². The first kappa shape index (κ1) is 14.4. The van der Waals surface area contributed by atoms with Crippen molar-refractivity contribution in [2.45, 2.75) is 20.8 Å². The molecular formula is C15H20N2O3. The molecular weight excluding hydrogens is 256 g/mol. The van der Waals surface area contributed by atoms with Crippen molar-refractivity contribution in [3.8, 4) is 0 Å². The molecule has 1 aromatic carbocycles. The quantitative estimate of drug-likeness (QED) is 0.872. The average molecular weight is 276 g/mol. The number of benzene rings is 1. The summed E-state index contributed by atoms with van der Waals surface area (Å²) >= 11 is 0. The van der Waals surface area contributed by atoms with E-state index in [9.17, 15) is 14.7 Å². The first-order valence-corrected chi connectivity index (χ1v) is 6.78. The Balaban J connectivity index is 2.14. The second-order valence-corrected chi connectivity index (χ2v) is 5.64. The summed E-state index contributed by atoms with van der Waals surface area (Å²) in [6.45, 7) is 7.48. The van der Waals surface area contributed by atoms with Gasteiger partial charge in [-0.3, -0.25) is 0 Å². The van der Waals surface area contributed by atoms with E-state index >= 15 is 0 Å². The van der Waals surface area contributed by atoms with Crippen molar-refractivity contribution < 1.29 is 14.7 Å². The van der Waals surface area contributed by atoms with Gasteiger partial charge in [0, 0.05) is 13.1 Å². The van der Waals surface area contributed by atoms with Gasteiger partial charge in [0.25, 0.3) is 0 Å². The molecule has 2 amide bonds. The van der Waals surface area contributed by atoms with E-state index < -0.39 is 5.97 Å². The monoisotopic (exact) mass is 276 g/mol.